The van der Waals surface area contributed by atoms with Crippen molar-refractivity contribution in [2.45, 2.75) is 25.9 Å². The summed E-state index contributed by atoms with van der Waals surface area (Å²) in [5.74, 6) is -0.0849. The van der Waals surface area contributed by atoms with Crippen LogP contribution in [0.1, 0.15) is 30.9 Å². The van der Waals surface area contributed by atoms with E-state index >= 15 is 0 Å². The van der Waals surface area contributed by atoms with Crippen LogP contribution in [0.5, 0.6) is 11.6 Å². The first kappa shape index (κ1) is 18.0. The van der Waals surface area contributed by atoms with Crippen LogP contribution < -0.4 is 4.74 Å². The van der Waals surface area contributed by atoms with E-state index in [9.17, 15) is 23.3 Å². The largest absolute Gasteiger partial charge is 0.437 e. The van der Waals surface area contributed by atoms with Crippen molar-refractivity contribution in [1.82, 2.24) is 4.98 Å². The molecule has 0 bridgehead atoms. The van der Waals surface area contributed by atoms with Crippen LogP contribution in [-0.2, 0) is 6.18 Å². The molecule has 0 aliphatic rings. The molecule has 2 rings (SSSR count). The Hall–Kier alpha value is -2.35. The molecule has 0 saturated carbocycles. The van der Waals surface area contributed by atoms with E-state index in [0.717, 1.165) is 0 Å². The molecule has 0 aliphatic heterocycles. The first-order valence-electron chi connectivity index (χ1n) is 6.78. The van der Waals surface area contributed by atoms with Crippen molar-refractivity contribution in [2.75, 3.05) is 0 Å². The number of hydrogen-bond acceptors (Lipinski definition) is 4. The summed E-state index contributed by atoms with van der Waals surface area (Å²) >= 11 is 5.80. The fourth-order valence-corrected chi connectivity index (χ4v) is 2.16. The van der Waals surface area contributed by atoms with E-state index in [2.05, 4.69) is 4.98 Å². The fourth-order valence-electron chi connectivity index (χ4n) is 1.95. The number of halogens is 4. The third-order valence-electron chi connectivity index (χ3n) is 3.17. The summed E-state index contributed by atoms with van der Waals surface area (Å²) < 4.78 is 43.3. The first-order valence-corrected chi connectivity index (χ1v) is 7.16. The van der Waals surface area contributed by atoms with Gasteiger partial charge in [-0.2, -0.15) is 13.2 Å². The van der Waals surface area contributed by atoms with Gasteiger partial charge < -0.3 is 4.74 Å². The summed E-state index contributed by atoms with van der Waals surface area (Å²) in [7, 11) is 0. The molecule has 5 nitrogen and oxygen atoms in total. The van der Waals surface area contributed by atoms with Crippen LogP contribution in [-0.4, -0.2) is 9.91 Å². The van der Waals surface area contributed by atoms with Crippen molar-refractivity contribution >= 4 is 17.3 Å². The zero-order chi connectivity index (χ0) is 18.1. The quantitative estimate of drug-likeness (QED) is 0.527. The Kier molecular flexibility index (Phi) is 4.98. The Morgan fingerprint density at radius 2 is 1.96 bits per heavy atom. The van der Waals surface area contributed by atoms with Crippen molar-refractivity contribution < 1.29 is 22.8 Å². The Bertz CT molecular complexity index is 779. The number of nitrogens with zero attached hydrogens (tertiary/aromatic N) is 2. The molecule has 2 aromatic rings. The van der Waals surface area contributed by atoms with Gasteiger partial charge in [-0.05, 0) is 18.1 Å². The Morgan fingerprint density at radius 1 is 1.29 bits per heavy atom. The van der Waals surface area contributed by atoms with Crippen molar-refractivity contribution in [3.63, 3.8) is 0 Å². The maximum Gasteiger partial charge on any atom is 0.417 e. The molecular formula is C15H12ClF3N2O3. The molecule has 9 heteroatoms. The van der Waals surface area contributed by atoms with Gasteiger partial charge in [-0.25, -0.2) is 4.98 Å². The first-order chi connectivity index (χ1) is 11.1. The van der Waals surface area contributed by atoms with E-state index in [1.54, 1.807) is 13.8 Å². The second kappa shape index (κ2) is 6.64. The summed E-state index contributed by atoms with van der Waals surface area (Å²) in [5, 5.41) is 10.5. The third-order valence-corrected chi connectivity index (χ3v) is 3.44. The molecule has 0 aliphatic carbocycles. The molecule has 0 fully saturated rings. The van der Waals surface area contributed by atoms with Crippen molar-refractivity contribution in [3.05, 3.63) is 56.7 Å². The zero-order valence-corrected chi connectivity index (χ0v) is 13.4. The lowest BCUT2D eigenvalue weighted by molar-refractivity contribution is -0.384. The second-order valence-electron chi connectivity index (χ2n) is 5.24. The lowest BCUT2D eigenvalue weighted by Crippen LogP contribution is -2.06. The van der Waals surface area contributed by atoms with E-state index in [0.29, 0.717) is 17.8 Å². The van der Waals surface area contributed by atoms with Crippen LogP contribution in [0.15, 0.2) is 30.5 Å². The molecule has 0 spiro atoms. The molecule has 0 unspecified atom stereocenters. The van der Waals surface area contributed by atoms with Gasteiger partial charge in [0.15, 0.2) is 0 Å². The summed E-state index contributed by atoms with van der Waals surface area (Å²) in [5.41, 5.74) is -0.591. The van der Waals surface area contributed by atoms with Crippen LogP contribution in [0.4, 0.5) is 18.9 Å². The number of non-ortho nitro benzene ring substituents is 1. The Balaban J connectivity index is 2.39. The number of ether oxygens (including phenoxy) is 1. The van der Waals surface area contributed by atoms with Crippen LogP contribution in [0.25, 0.3) is 0 Å². The predicted octanol–water partition coefficient (Wildman–Crippen LogP) is 5.58. The standard InChI is InChI=1S/C15H12ClF3N2O3/c1-8(2)11-6-10(21(22)23)3-4-13(11)24-14-12(16)5-9(7-20-14)15(17,18)19/h3-8H,1-2H3. The Labute approximate surface area is 140 Å². The van der Waals surface area contributed by atoms with Crippen LogP contribution in [0, 0.1) is 10.1 Å². The predicted molar refractivity (Wildman–Crippen MR) is 81.5 cm³/mol. The van der Waals surface area contributed by atoms with E-state index < -0.39 is 16.7 Å². The van der Waals surface area contributed by atoms with Crippen molar-refractivity contribution in [2.24, 2.45) is 0 Å². The Morgan fingerprint density at radius 3 is 2.46 bits per heavy atom. The normalized spacial score (nSPS) is 11.6. The molecule has 0 atom stereocenters. The van der Waals surface area contributed by atoms with Gasteiger partial charge >= 0.3 is 6.18 Å². The van der Waals surface area contributed by atoms with E-state index in [-0.39, 0.29) is 28.3 Å². The van der Waals surface area contributed by atoms with Crippen LogP contribution in [0.2, 0.25) is 5.02 Å². The number of nitro groups is 1. The van der Waals surface area contributed by atoms with Crippen molar-refractivity contribution in [1.29, 1.82) is 0 Å². The number of aromatic nitrogens is 1. The molecule has 0 amide bonds. The maximum absolute atomic E-state index is 12.6. The minimum Gasteiger partial charge on any atom is -0.437 e. The fraction of sp³-hybridized carbons (Fsp3) is 0.267. The van der Waals surface area contributed by atoms with E-state index in [1.807, 2.05) is 0 Å². The van der Waals surface area contributed by atoms with E-state index in [4.69, 9.17) is 16.3 Å². The van der Waals surface area contributed by atoms with Gasteiger partial charge in [-0.1, -0.05) is 25.4 Å². The monoisotopic (exact) mass is 360 g/mol. The SMILES string of the molecule is CC(C)c1cc([N+](=O)[O-])ccc1Oc1ncc(C(F)(F)F)cc1Cl. The number of hydrogen-bond donors (Lipinski definition) is 0. The van der Waals surface area contributed by atoms with Gasteiger partial charge in [0.2, 0.25) is 5.88 Å². The lowest BCUT2D eigenvalue weighted by atomic mass is 10.0. The van der Waals surface area contributed by atoms with Gasteiger partial charge in [0.1, 0.15) is 10.8 Å². The minimum atomic E-state index is -4.56. The molecular weight excluding hydrogens is 349 g/mol. The van der Waals surface area contributed by atoms with Gasteiger partial charge in [0.25, 0.3) is 5.69 Å². The average Bonchev–Trinajstić information content (AvgIpc) is 2.48. The molecule has 1 heterocycles. The second-order valence-corrected chi connectivity index (χ2v) is 5.65. The molecule has 24 heavy (non-hydrogen) atoms. The number of rotatable bonds is 4. The minimum absolute atomic E-state index is 0.113. The third kappa shape index (κ3) is 3.94. The highest BCUT2D eigenvalue weighted by Crippen LogP contribution is 2.37. The molecule has 0 N–H and O–H groups in total. The summed E-state index contributed by atoms with van der Waals surface area (Å²) in [4.78, 5) is 13.9. The van der Waals surface area contributed by atoms with Crippen LogP contribution >= 0.6 is 11.6 Å². The van der Waals surface area contributed by atoms with Gasteiger partial charge in [-0.15, -0.1) is 0 Å². The summed E-state index contributed by atoms with van der Waals surface area (Å²) in [6, 6.07) is 4.66. The van der Waals surface area contributed by atoms with Crippen molar-refractivity contribution in [3.8, 4) is 11.6 Å². The van der Waals surface area contributed by atoms with Gasteiger partial charge in [0.05, 0.1) is 10.5 Å². The molecule has 1 aromatic carbocycles. The topological polar surface area (TPSA) is 65.3 Å². The molecule has 128 valence electrons. The van der Waals surface area contributed by atoms with Crippen LogP contribution in [0.3, 0.4) is 0 Å². The highest BCUT2D eigenvalue weighted by molar-refractivity contribution is 6.31. The molecule has 0 saturated heterocycles. The highest BCUT2D eigenvalue weighted by Gasteiger charge is 2.32. The smallest absolute Gasteiger partial charge is 0.417 e. The molecule has 1 aromatic heterocycles. The van der Waals surface area contributed by atoms with Gasteiger partial charge in [0, 0.05) is 23.9 Å². The number of pyridine rings is 1. The maximum atomic E-state index is 12.6. The zero-order valence-electron chi connectivity index (χ0n) is 12.6. The van der Waals surface area contributed by atoms with E-state index in [1.165, 1.54) is 18.2 Å². The highest BCUT2D eigenvalue weighted by atomic mass is 35.5. The molecule has 0 radical (unpaired) electrons. The summed E-state index contributed by atoms with van der Waals surface area (Å²) in [6.07, 6.45) is -3.95. The average molecular weight is 361 g/mol. The number of benzene rings is 1. The number of nitro benzene ring substituents is 1. The van der Waals surface area contributed by atoms with Gasteiger partial charge in [-0.3, -0.25) is 10.1 Å². The number of alkyl halides is 3. The lowest BCUT2D eigenvalue weighted by Gasteiger charge is -2.14. The summed E-state index contributed by atoms with van der Waals surface area (Å²) in [6.45, 7) is 3.60.